The highest BCUT2D eigenvalue weighted by molar-refractivity contribution is 5.82. The molecule has 1 amide bonds. The Labute approximate surface area is 169 Å². The Morgan fingerprint density at radius 2 is 1.90 bits per heavy atom. The highest BCUT2D eigenvalue weighted by atomic mass is 16.5. The minimum atomic E-state index is -0.713. The number of nitrogens with zero attached hydrogens (tertiary/aromatic N) is 2. The summed E-state index contributed by atoms with van der Waals surface area (Å²) in [4.78, 5) is 20.6. The van der Waals surface area contributed by atoms with Crippen LogP contribution in [0.4, 0.5) is 0 Å². The fraction of sp³-hybridized carbons (Fsp3) is 0.227. The van der Waals surface area contributed by atoms with E-state index in [4.69, 9.17) is 15.2 Å². The summed E-state index contributed by atoms with van der Waals surface area (Å²) >= 11 is 0. The van der Waals surface area contributed by atoms with Crippen LogP contribution in [-0.4, -0.2) is 30.1 Å². The average Bonchev–Trinajstić information content (AvgIpc) is 2.75. The minimum absolute atomic E-state index is 0.445. The summed E-state index contributed by atoms with van der Waals surface area (Å²) < 4.78 is 10.7. The van der Waals surface area contributed by atoms with Crippen molar-refractivity contribution < 1.29 is 14.3 Å². The predicted molar refractivity (Wildman–Crippen MR) is 110 cm³/mol. The van der Waals surface area contributed by atoms with E-state index in [-0.39, 0.29) is 0 Å². The molecule has 1 unspecified atom stereocenters. The van der Waals surface area contributed by atoms with Crippen molar-refractivity contribution in [1.82, 2.24) is 15.3 Å². The van der Waals surface area contributed by atoms with E-state index in [0.717, 1.165) is 16.7 Å². The van der Waals surface area contributed by atoms with Crippen LogP contribution in [0.2, 0.25) is 0 Å². The second kappa shape index (κ2) is 9.66. The molecular formula is C22H24N4O3. The van der Waals surface area contributed by atoms with Gasteiger partial charge in [0.15, 0.2) is 0 Å². The molecule has 1 atom stereocenters. The molecule has 3 rings (SSSR count). The molecule has 0 aliphatic carbocycles. The summed E-state index contributed by atoms with van der Waals surface area (Å²) in [6, 6.07) is 10.4. The molecule has 2 aromatic heterocycles. The van der Waals surface area contributed by atoms with Crippen molar-refractivity contribution in [3.05, 3.63) is 83.4 Å². The standard InChI is InChI=1S/C22H24N4O3/c1-28-18-5-6-19(20(11-18)29-2)21(22(23)27)26-14-16-7-9-25-13-17(16)10-15-4-3-8-24-12-15/h3-9,11-13,21,26H,10,14H2,1-2H3,(H2,23,27). The maximum atomic E-state index is 12.2. The van der Waals surface area contributed by atoms with Crippen molar-refractivity contribution in [3.63, 3.8) is 0 Å². The summed E-state index contributed by atoms with van der Waals surface area (Å²) in [5, 5.41) is 3.25. The molecule has 3 N–H and O–H groups in total. The largest absolute Gasteiger partial charge is 0.497 e. The Balaban J connectivity index is 1.81. The van der Waals surface area contributed by atoms with Crippen molar-refractivity contribution in [2.75, 3.05) is 14.2 Å². The summed E-state index contributed by atoms with van der Waals surface area (Å²) in [6.45, 7) is 0.445. The van der Waals surface area contributed by atoms with Crippen molar-refractivity contribution in [2.24, 2.45) is 5.73 Å². The van der Waals surface area contributed by atoms with Crippen LogP contribution in [0.5, 0.6) is 11.5 Å². The van der Waals surface area contributed by atoms with E-state index in [9.17, 15) is 4.79 Å². The number of primary amides is 1. The molecular weight excluding hydrogens is 368 g/mol. The van der Waals surface area contributed by atoms with Gasteiger partial charge in [0.2, 0.25) is 5.91 Å². The van der Waals surface area contributed by atoms with Gasteiger partial charge in [0, 0.05) is 49.4 Å². The molecule has 0 bridgehead atoms. The number of hydrogen-bond donors (Lipinski definition) is 2. The van der Waals surface area contributed by atoms with Crippen LogP contribution >= 0.6 is 0 Å². The quantitative estimate of drug-likeness (QED) is 0.580. The van der Waals surface area contributed by atoms with Gasteiger partial charge in [-0.2, -0.15) is 0 Å². The number of pyridine rings is 2. The molecule has 150 valence electrons. The van der Waals surface area contributed by atoms with Gasteiger partial charge in [-0.05, 0) is 41.0 Å². The zero-order valence-electron chi connectivity index (χ0n) is 16.5. The average molecular weight is 392 g/mol. The van der Waals surface area contributed by atoms with Gasteiger partial charge in [0.05, 0.1) is 14.2 Å². The van der Waals surface area contributed by atoms with Crippen LogP contribution in [-0.2, 0) is 17.8 Å². The van der Waals surface area contributed by atoms with Crippen LogP contribution in [0.25, 0.3) is 0 Å². The zero-order valence-corrected chi connectivity index (χ0v) is 16.5. The van der Waals surface area contributed by atoms with E-state index >= 15 is 0 Å². The van der Waals surface area contributed by atoms with E-state index in [1.165, 1.54) is 0 Å². The van der Waals surface area contributed by atoms with Crippen LogP contribution < -0.4 is 20.5 Å². The Kier molecular flexibility index (Phi) is 6.76. The first-order chi connectivity index (χ1) is 14.1. The van der Waals surface area contributed by atoms with Crippen molar-refractivity contribution >= 4 is 5.91 Å². The Morgan fingerprint density at radius 3 is 2.59 bits per heavy atom. The fourth-order valence-electron chi connectivity index (χ4n) is 3.14. The van der Waals surface area contributed by atoms with Crippen molar-refractivity contribution in [1.29, 1.82) is 0 Å². The maximum absolute atomic E-state index is 12.2. The first-order valence-corrected chi connectivity index (χ1v) is 9.17. The van der Waals surface area contributed by atoms with E-state index in [0.29, 0.717) is 30.0 Å². The molecule has 3 aromatic rings. The number of methoxy groups -OCH3 is 2. The molecule has 1 aromatic carbocycles. The Bertz CT molecular complexity index is 963. The van der Waals surface area contributed by atoms with Crippen molar-refractivity contribution in [2.45, 2.75) is 19.0 Å². The molecule has 0 radical (unpaired) electrons. The highest BCUT2D eigenvalue weighted by Crippen LogP contribution is 2.29. The molecule has 2 heterocycles. The highest BCUT2D eigenvalue weighted by Gasteiger charge is 2.22. The lowest BCUT2D eigenvalue weighted by Gasteiger charge is -2.20. The number of hydrogen-bond acceptors (Lipinski definition) is 6. The number of aromatic nitrogens is 2. The number of carbonyl (C=O) groups excluding carboxylic acids is 1. The minimum Gasteiger partial charge on any atom is -0.497 e. The SMILES string of the molecule is COc1ccc(C(NCc2ccncc2Cc2cccnc2)C(N)=O)c(OC)c1. The van der Waals surface area contributed by atoms with Gasteiger partial charge in [-0.3, -0.25) is 20.1 Å². The van der Waals surface area contributed by atoms with E-state index in [2.05, 4.69) is 15.3 Å². The monoisotopic (exact) mass is 392 g/mol. The topological polar surface area (TPSA) is 99.4 Å². The number of benzene rings is 1. The lowest BCUT2D eigenvalue weighted by atomic mass is 10.0. The molecule has 0 spiro atoms. The van der Waals surface area contributed by atoms with Gasteiger partial charge in [0.25, 0.3) is 0 Å². The molecule has 0 saturated carbocycles. The first-order valence-electron chi connectivity index (χ1n) is 9.17. The molecule has 0 aliphatic heterocycles. The smallest absolute Gasteiger partial charge is 0.239 e. The summed E-state index contributed by atoms with van der Waals surface area (Å²) in [5.41, 5.74) is 9.51. The van der Waals surface area contributed by atoms with Crippen LogP contribution in [0.15, 0.2) is 61.2 Å². The molecule has 0 saturated heterocycles. The van der Waals surface area contributed by atoms with E-state index in [1.54, 1.807) is 44.8 Å². The second-order valence-electron chi connectivity index (χ2n) is 6.51. The van der Waals surface area contributed by atoms with Crippen molar-refractivity contribution in [3.8, 4) is 11.5 Å². The third-order valence-corrected chi connectivity index (χ3v) is 4.65. The normalized spacial score (nSPS) is 11.7. The first kappa shape index (κ1) is 20.3. The van der Waals surface area contributed by atoms with Gasteiger partial charge < -0.3 is 15.2 Å². The second-order valence-corrected chi connectivity index (χ2v) is 6.51. The van der Waals surface area contributed by atoms with Gasteiger partial charge in [-0.1, -0.05) is 6.07 Å². The number of nitrogens with one attached hydrogen (secondary N) is 1. The molecule has 7 nitrogen and oxygen atoms in total. The van der Waals surface area contributed by atoms with Gasteiger partial charge in [-0.15, -0.1) is 0 Å². The van der Waals surface area contributed by atoms with Gasteiger partial charge >= 0.3 is 0 Å². The van der Waals surface area contributed by atoms with Crippen LogP contribution in [0.3, 0.4) is 0 Å². The van der Waals surface area contributed by atoms with Crippen LogP contribution in [0, 0.1) is 0 Å². The van der Waals surface area contributed by atoms with E-state index in [1.807, 2.05) is 30.6 Å². The summed E-state index contributed by atoms with van der Waals surface area (Å²) in [5.74, 6) is 0.684. The molecule has 0 fully saturated rings. The lowest BCUT2D eigenvalue weighted by Crippen LogP contribution is -2.33. The Hall–Kier alpha value is -3.45. The third-order valence-electron chi connectivity index (χ3n) is 4.65. The number of carbonyl (C=O) groups is 1. The summed E-state index contributed by atoms with van der Waals surface area (Å²) in [7, 11) is 3.12. The summed E-state index contributed by atoms with van der Waals surface area (Å²) in [6.07, 6.45) is 7.84. The molecule has 0 aliphatic rings. The number of nitrogens with two attached hydrogens (primary N) is 1. The number of rotatable bonds is 9. The third kappa shape index (κ3) is 5.08. The molecule has 7 heteroatoms. The van der Waals surface area contributed by atoms with Gasteiger partial charge in [-0.25, -0.2) is 0 Å². The van der Waals surface area contributed by atoms with E-state index < -0.39 is 11.9 Å². The molecule has 29 heavy (non-hydrogen) atoms. The predicted octanol–water partition coefficient (Wildman–Crippen LogP) is 2.40. The fourth-order valence-corrected chi connectivity index (χ4v) is 3.14. The maximum Gasteiger partial charge on any atom is 0.239 e. The lowest BCUT2D eigenvalue weighted by molar-refractivity contribution is -0.120. The Morgan fingerprint density at radius 1 is 1.07 bits per heavy atom. The number of amides is 1. The number of ether oxygens (including phenoxy) is 2. The van der Waals surface area contributed by atoms with Gasteiger partial charge in [0.1, 0.15) is 17.5 Å². The zero-order chi connectivity index (χ0) is 20.6. The van der Waals surface area contributed by atoms with Crippen LogP contribution in [0.1, 0.15) is 28.3 Å².